The van der Waals surface area contributed by atoms with E-state index in [1.807, 2.05) is 23.0 Å². The number of hydrogen-bond acceptors (Lipinski definition) is 5. The van der Waals surface area contributed by atoms with Gasteiger partial charge in [0.1, 0.15) is 5.52 Å². The van der Waals surface area contributed by atoms with Gasteiger partial charge in [-0.2, -0.15) is 5.10 Å². The van der Waals surface area contributed by atoms with Gasteiger partial charge in [-0.05, 0) is 45.1 Å². The number of anilines is 2. The number of amides is 2. The Balaban J connectivity index is 1.42. The number of carbonyl (C=O) groups is 1. The van der Waals surface area contributed by atoms with Crippen LogP contribution in [0.3, 0.4) is 0 Å². The Morgan fingerprint density at radius 1 is 1.27 bits per heavy atom. The molecule has 2 N–H and O–H groups in total. The van der Waals surface area contributed by atoms with Crippen LogP contribution in [0.5, 0.6) is 0 Å². The maximum Gasteiger partial charge on any atom is 0.323 e. The van der Waals surface area contributed by atoms with Crippen LogP contribution in [0.4, 0.5) is 16.2 Å². The molecule has 2 aromatic heterocycles. The van der Waals surface area contributed by atoms with E-state index in [1.54, 1.807) is 19.2 Å². The number of fused-ring (bicyclic) bond motifs is 1. The first kappa shape index (κ1) is 16.6. The molecule has 0 radical (unpaired) electrons. The zero-order valence-electron chi connectivity index (χ0n) is 14.9. The number of aromatic nitrogens is 3. The van der Waals surface area contributed by atoms with Gasteiger partial charge in [0.2, 0.25) is 0 Å². The van der Waals surface area contributed by atoms with E-state index < -0.39 is 0 Å². The molecule has 8 heteroatoms. The molecule has 3 aromatic rings. The minimum Gasteiger partial charge on any atom is -0.441 e. The number of nitrogens with one attached hydrogen (secondary N) is 2. The van der Waals surface area contributed by atoms with Gasteiger partial charge >= 0.3 is 6.03 Å². The lowest BCUT2D eigenvalue weighted by Crippen LogP contribution is -2.31. The third-order valence-electron chi connectivity index (χ3n) is 4.70. The topological polar surface area (TPSA) is 88.2 Å². The summed E-state index contributed by atoms with van der Waals surface area (Å²) in [5.41, 5.74) is 2.57. The van der Waals surface area contributed by atoms with Crippen molar-refractivity contribution >= 4 is 28.5 Å². The summed E-state index contributed by atoms with van der Waals surface area (Å²) < 4.78 is 7.44. The van der Waals surface area contributed by atoms with Crippen molar-refractivity contribution in [2.24, 2.45) is 0 Å². The monoisotopic (exact) mass is 354 g/mol. The highest BCUT2D eigenvalue weighted by Crippen LogP contribution is 2.24. The molecular weight excluding hydrogens is 332 g/mol. The largest absolute Gasteiger partial charge is 0.441 e. The Kier molecular flexibility index (Phi) is 4.34. The third-order valence-corrected chi connectivity index (χ3v) is 4.70. The van der Waals surface area contributed by atoms with Crippen LogP contribution in [0.25, 0.3) is 11.1 Å². The highest BCUT2D eigenvalue weighted by atomic mass is 16.3. The van der Waals surface area contributed by atoms with E-state index in [0.29, 0.717) is 34.4 Å². The molecule has 0 spiro atoms. The predicted octanol–water partition coefficient (Wildman–Crippen LogP) is 3.24. The molecule has 1 saturated heterocycles. The van der Waals surface area contributed by atoms with Crippen molar-refractivity contribution in [2.45, 2.75) is 25.8 Å². The number of aryl methyl sites for hydroxylation is 1. The first-order chi connectivity index (χ1) is 12.6. The Hall–Kier alpha value is -2.87. The summed E-state index contributed by atoms with van der Waals surface area (Å²) in [6.45, 7) is 3.91. The predicted molar refractivity (Wildman–Crippen MR) is 99.4 cm³/mol. The maximum absolute atomic E-state index is 12.3. The number of para-hydroxylation sites is 1. The average Bonchev–Trinajstić information content (AvgIpc) is 3.22. The minimum atomic E-state index is -0.332. The van der Waals surface area contributed by atoms with Crippen molar-refractivity contribution in [1.82, 2.24) is 19.7 Å². The average molecular weight is 354 g/mol. The van der Waals surface area contributed by atoms with E-state index in [9.17, 15) is 4.79 Å². The molecule has 0 saturated carbocycles. The molecule has 1 aliphatic heterocycles. The van der Waals surface area contributed by atoms with Gasteiger partial charge in [-0.25, -0.2) is 9.78 Å². The molecular formula is C18H22N6O2. The number of hydrogen-bond donors (Lipinski definition) is 2. The van der Waals surface area contributed by atoms with Gasteiger partial charge in [0.05, 0.1) is 23.6 Å². The first-order valence-corrected chi connectivity index (χ1v) is 8.75. The summed E-state index contributed by atoms with van der Waals surface area (Å²) in [6.07, 6.45) is 5.70. The van der Waals surface area contributed by atoms with E-state index in [2.05, 4.69) is 32.7 Å². The Morgan fingerprint density at radius 3 is 2.88 bits per heavy atom. The molecule has 3 heterocycles. The van der Waals surface area contributed by atoms with Gasteiger partial charge in [0.15, 0.2) is 11.5 Å². The Morgan fingerprint density at radius 2 is 2.08 bits per heavy atom. The second kappa shape index (κ2) is 6.80. The van der Waals surface area contributed by atoms with Crippen molar-refractivity contribution in [3.63, 3.8) is 0 Å². The number of piperidine rings is 1. The Labute approximate surface area is 151 Å². The smallest absolute Gasteiger partial charge is 0.323 e. The molecule has 2 amide bonds. The zero-order valence-corrected chi connectivity index (χ0v) is 14.9. The number of urea groups is 1. The number of likely N-dealkylation sites (tertiary alicyclic amines) is 1. The highest BCUT2D eigenvalue weighted by Gasteiger charge is 2.19. The van der Waals surface area contributed by atoms with Crippen molar-refractivity contribution < 1.29 is 9.21 Å². The number of benzene rings is 1. The van der Waals surface area contributed by atoms with Crippen LogP contribution >= 0.6 is 0 Å². The molecule has 0 unspecified atom stereocenters. The van der Waals surface area contributed by atoms with E-state index in [0.717, 1.165) is 25.9 Å². The van der Waals surface area contributed by atoms with E-state index in [-0.39, 0.29) is 6.03 Å². The molecule has 1 aromatic carbocycles. The van der Waals surface area contributed by atoms with Gasteiger partial charge in [0, 0.05) is 13.1 Å². The zero-order chi connectivity index (χ0) is 18.1. The fraction of sp³-hybridized carbons (Fsp3) is 0.389. The molecule has 0 atom stereocenters. The first-order valence-electron chi connectivity index (χ1n) is 8.75. The van der Waals surface area contributed by atoms with Crippen molar-refractivity contribution in [2.75, 3.05) is 30.8 Å². The van der Waals surface area contributed by atoms with E-state index in [1.165, 1.54) is 0 Å². The summed E-state index contributed by atoms with van der Waals surface area (Å²) in [4.78, 5) is 19.0. The Bertz CT molecular complexity index is 923. The second-order valence-corrected chi connectivity index (χ2v) is 6.71. The van der Waals surface area contributed by atoms with Crippen LogP contribution in [0.15, 0.2) is 35.0 Å². The number of carbonyl (C=O) groups excluding carboxylic acids is 1. The van der Waals surface area contributed by atoms with Gasteiger partial charge in [-0.15, -0.1) is 0 Å². The molecule has 0 aliphatic carbocycles. The molecule has 1 aliphatic rings. The third kappa shape index (κ3) is 3.41. The quantitative estimate of drug-likeness (QED) is 0.754. The molecule has 1 fully saturated rings. The van der Waals surface area contributed by atoms with Gasteiger partial charge in [0.25, 0.3) is 0 Å². The lowest BCUT2D eigenvalue weighted by molar-refractivity contribution is 0.212. The van der Waals surface area contributed by atoms with Gasteiger partial charge in [-0.1, -0.05) is 6.07 Å². The molecule has 26 heavy (non-hydrogen) atoms. The van der Waals surface area contributed by atoms with E-state index in [4.69, 9.17) is 4.42 Å². The van der Waals surface area contributed by atoms with Crippen LogP contribution in [0, 0.1) is 6.92 Å². The van der Waals surface area contributed by atoms with Crippen LogP contribution in [-0.4, -0.2) is 45.8 Å². The van der Waals surface area contributed by atoms with E-state index >= 15 is 0 Å². The summed E-state index contributed by atoms with van der Waals surface area (Å²) in [7, 11) is 2.13. The number of nitrogens with zero attached hydrogens (tertiary/aromatic N) is 4. The lowest BCUT2D eigenvalue weighted by Gasteiger charge is -2.28. The SMILES string of the molecule is Cc1nc2c(NC(=O)Nc3cnn(C4CCN(C)CC4)c3)cccc2o1. The van der Waals surface area contributed by atoms with Crippen LogP contribution < -0.4 is 10.6 Å². The molecule has 0 bridgehead atoms. The summed E-state index contributed by atoms with van der Waals surface area (Å²) in [5, 5.41) is 10.1. The highest BCUT2D eigenvalue weighted by molar-refractivity contribution is 6.04. The lowest BCUT2D eigenvalue weighted by atomic mass is 10.1. The maximum atomic E-state index is 12.3. The number of oxazole rings is 1. The second-order valence-electron chi connectivity index (χ2n) is 6.71. The van der Waals surface area contributed by atoms with Crippen LogP contribution in [0.2, 0.25) is 0 Å². The van der Waals surface area contributed by atoms with Gasteiger partial charge in [-0.3, -0.25) is 4.68 Å². The summed E-state index contributed by atoms with van der Waals surface area (Å²) in [5.74, 6) is 0.564. The fourth-order valence-corrected chi connectivity index (χ4v) is 3.31. The normalized spacial score (nSPS) is 16.1. The summed E-state index contributed by atoms with van der Waals surface area (Å²) in [6, 6.07) is 5.49. The minimum absolute atomic E-state index is 0.332. The molecule has 136 valence electrons. The van der Waals surface area contributed by atoms with Crippen molar-refractivity contribution in [3.05, 3.63) is 36.5 Å². The standard InChI is InChI=1S/C18H22N6O2/c1-12-20-17-15(4-3-5-16(17)26-12)22-18(25)21-13-10-19-24(11-13)14-6-8-23(2)9-7-14/h3-5,10-11,14H,6-9H2,1-2H3,(H2,21,22,25). The molecule has 4 rings (SSSR count). The van der Waals surface area contributed by atoms with Crippen molar-refractivity contribution in [1.29, 1.82) is 0 Å². The van der Waals surface area contributed by atoms with Gasteiger partial charge < -0.3 is 20.0 Å². The fourth-order valence-electron chi connectivity index (χ4n) is 3.31. The van der Waals surface area contributed by atoms with Crippen LogP contribution in [0.1, 0.15) is 24.8 Å². The summed E-state index contributed by atoms with van der Waals surface area (Å²) >= 11 is 0. The van der Waals surface area contributed by atoms with Crippen molar-refractivity contribution in [3.8, 4) is 0 Å². The molecule has 8 nitrogen and oxygen atoms in total. The number of rotatable bonds is 3. The van der Waals surface area contributed by atoms with Crippen LogP contribution in [-0.2, 0) is 0 Å².